The molecular weight excluding hydrogens is 242 g/mol. The molecule has 5 nitrogen and oxygen atoms in total. The first-order valence-electron chi connectivity index (χ1n) is 6.69. The van der Waals surface area contributed by atoms with Crippen LogP contribution in [-0.2, 0) is 16.0 Å². The summed E-state index contributed by atoms with van der Waals surface area (Å²) < 4.78 is 0. The van der Waals surface area contributed by atoms with Gasteiger partial charge in [0.1, 0.15) is 0 Å². The largest absolute Gasteiger partial charge is 0.345 e. The molecule has 1 atom stereocenters. The van der Waals surface area contributed by atoms with Gasteiger partial charge in [0.05, 0.1) is 19.5 Å². The first-order chi connectivity index (χ1) is 9.20. The Morgan fingerprint density at radius 2 is 2.26 bits per heavy atom. The molecule has 102 valence electrons. The van der Waals surface area contributed by atoms with E-state index in [-0.39, 0.29) is 24.3 Å². The standard InChI is InChI=1S/C14H19N3O2/c1-2-10-5-3-4-6-11(10)17-13(18)9-12-14(19)16-8-7-15-12/h3-6,12,15H,2,7-9H2,1H3,(H,16,19)(H,17,18)/p+1/t12-/m1/s1. The fourth-order valence-corrected chi connectivity index (χ4v) is 2.25. The summed E-state index contributed by atoms with van der Waals surface area (Å²) in [6, 6.07) is 7.43. The third-order valence-corrected chi connectivity index (χ3v) is 3.31. The summed E-state index contributed by atoms with van der Waals surface area (Å²) in [5, 5.41) is 7.58. The second-order valence-corrected chi connectivity index (χ2v) is 4.68. The number of hydrogen-bond acceptors (Lipinski definition) is 2. The first-order valence-corrected chi connectivity index (χ1v) is 6.69. The second-order valence-electron chi connectivity index (χ2n) is 4.68. The van der Waals surface area contributed by atoms with E-state index in [1.807, 2.05) is 36.5 Å². The summed E-state index contributed by atoms with van der Waals surface area (Å²) in [4.78, 5) is 23.6. The molecule has 0 spiro atoms. The zero-order valence-corrected chi connectivity index (χ0v) is 11.1. The number of nitrogens with two attached hydrogens (primary N) is 1. The van der Waals surface area contributed by atoms with Gasteiger partial charge in [0.15, 0.2) is 6.04 Å². The fraction of sp³-hybridized carbons (Fsp3) is 0.429. The van der Waals surface area contributed by atoms with Crippen LogP contribution in [0.1, 0.15) is 18.9 Å². The zero-order chi connectivity index (χ0) is 13.7. The lowest BCUT2D eigenvalue weighted by Gasteiger charge is -2.20. The number of rotatable bonds is 4. The van der Waals surface area contributed by atoms with Gasteiger partial charge in [-0.15, -0.1) is 0 Å². The van der Waals surface area contributed by atoms with Crippen molar-refractivity contribution < 1.29 is 14.9 Å². The minimum absolute atomic E-state index is 0.0508. The van der Waals surface area contributed by atoms with Gasteiger partial charge in [0.25, 0.3) is 5.91 Å². The predicted octanol–water partition coefficient (Wildman–Crippen LogP) is -0.361. The van der Waals surface area contributed by atoms with Crippen LogP contribution in [0, 0.1) is 0 Å². The number of anilines is 1. The Morgan fingerprint density at radius 3 is 3.00 bits per heavy atom. The molecular formula is C14H20N3O2+. The predicted molar refractivity (Wildman–Crippen MR) is 72.7 cm³/mol. The highest BCUT2D eigenvalue weighted by molar-refractivity contribution is 5.95. The number of para-hydroxylation sites is 1. The van der Waals surface area contributed by atoms with E-state index in [1.165, 1.54) is 0 Å². The lowest BCUT2D eigenvalue weighted by atomic mass is 10.1. The van der Waals surface area contributed by atoms with Crippen LogP contribution in [0.4, 0.5) is 5.69 Å². The molecule has 1 saturated heterocycles. The fourth-order valence-electron chi connectivity index (χ4n) is 2.25. The van der Waals surface area contributed by atoms with E-state index in [4.69, 9.17) is 0 Å². The van der Waals surface area contributed by atoms with E-state index in [0.29, 0.717) is 6.54 Å². The third kappa shape index (κ3) is 3.54. The minimum atomic E-state index is -0.303. The topological polar surface area (TPSA) is 74.8 Å². The number of piperazine rings is 1. The van der Waals surface area contributed by atoms with Gasteiger partial charge in [-0.3, -0.25) is 9.59 Å². The van der Waals surface area contributed by atoms with Crippen LogP contribution in [0.15, 0.2) is 24.3 Å². The Morgan fingerprint density at radius 1 is 1.47 bits per heavy atom. The highest BCUT2D eigenvalue weighted by Gasteiger charge is 2.27. The number of aryl methyl sites for hydroxylation is 1. The van der Waals surface area contributed by atoms with Crippen molar-refractivity contribution in [3.63, 3.8) is 0 Å². The average molecular weight is 262 g/mol. The van der Waals surface area contributed by atoms with Crippen LogP contribution in [0.2, 0.25) is 0 Å². The van der Waals surface area contributed by atoms with Gasteiger partial charge in [0, 0.05) is 5.69 Å². The van der Waals surface area contributed by atoms with E-state index in [9.17, 15) is 9.59 Å². The lowest BCUT2D eigenvalue weighted by molar-refractivity contribution is -0.678. The van der Waals surface area contributed by atoms with Crippen LogP contribution < -0.4 is 16.0 Å². The molecule has 0 aromatic heterocycles. The van der Waals surface area contributed by atoms with Crippen molar-refractivity contribution in [3.05, 3.63) is 29.8 Å². The van der Waals surface area contributed by atoms with E-state index in [2.05, 4.69) is 10.6 Å². The van der Waals surface area contributed by atoms with E-state index in [1.54, 1.807) is 0 Å². The summed E-state index contributed by atoms with van der Waals surface area (Å²) in [6.07, 6.45) is 1.08. The van der Waals surface area contributed by atoms with Crippen molar-refractivity contribution in [1.29, 1.82) is 0 Å². The van der Waals surface area contributed by atoms with Gasteiger partial charge >= 0.3 is 0 Å². The van der Waals surface area contributed by atoms with E-state index in [0.717, 1.165) is 24.2 Å². The second kappa shape index (κ2) is 6.33. The summed E-state index contributed by atoms with van der Waals surface area (Å²) in [7, 11) is 0. The van der Waals surface area contributed by atoms with Gasteiger partial charge in [-0.1, -0.05) is 25.1 Å². The molecule has 2 rings (SSSR count). The van der Waals surface area contributed by atoms with Crippen LogP contribution >= 0.6 is 0 Å². The number of carbonyl (C=O) groups is 2. The molecule has 4 N–H and O–H groups in total. The number of quaternary nitrogens is 1. The summed E-state index contributed by atoms with van der Waals surface area (Å²) in [6.45, 7) is 3.55. The SMILES string of the molecule is CCc1ccccc1NC(=O)C[C@H]1[NH2+]CCNC1=O. The number of nitrogens with one attached hydrogen (secondary N) is 2. The minimum Gasteiger partial charge on any atom is -0.345 e. The van der Waals surface area contributed by atoms with Crippen LogP contribution in [0.3, 0.4) is 0 Å². The van der Waals surface area contributed by atoms with Crippen molar-refractivity contribution in [2.75, 3.05) is 18.4 Å². The van der Waals surface area contributed by atoms with Crippen molar-refractivity contribution in [1.82, 2.24) is 5.32 Å². The molecule has 0 bridgehead atoms. The van der Waals surface area contributed by atoms with Crippen LogP contribution in [0.25, 0.3) is 0 Å². The molecule has 5 heteroatoms. The van der Waals surface area contributed by atoms with Crippen molar-refractivity contribution in [2.45, 2.75) is 25.8 Å². The number of hydrogen-bond donors (Lipinski definition) is 3. The highest BCUT2D eigenvalue weighted by Crippen LogP contribution is 2.15. The maximum Gasteiger partial charge on any atom is 0.278 e. The van der Waals surface area contributed by atoms with Crippen molar-refractivity contribution in [2.24, 2.45) is 0 Å². The first kappa shape index (κ1) is 13.5. The molecule has 1 aliphatic heterocycles. The summed E-state index contributed by atoms with van der Waals surface area (Å²) in [5.41, 5.74) is 1.94. The van der Waals surface area contributed by atoms with Gasteiger partial charge in [-0.05, 0) is 18.1 Å². The summed E-state index contributed by atoms with van der Waals surface area (Å²) >= 11 is 0. The molecule has 1 heterocycles. The Labute approximate surface area is 112 Å². The van der Waals surface area contributed by atoms with Gasteiger partial charge in [-0.2, -0.15) is 0 Å². The number of amides is 2. The van der Waals surface area contributed by atoms with Crippen LogP contribution in [0.5, 0.6) is 0 Å². The average Bonchev–Trinajstić information content (AvgIpc) is 2.42. The monoisotopic (exact) mass is 262 g/mol. The van der Waals surface area contributed by atoms with E-state index >= 15 is 0 Å². The maximum atomic E-state index is 12.0. The smallest absolute Gasteiger partial charge is 0.278 e. The molecule has 0 unspecified atom stereocenters. The molecule has 19 heavy (non-hydrogen) atoms. The maximum absolute atomic E-state index is 12.0. The zero-order valence-electron chi connectivity index (χ0n) is 11.1. The van der Waals surface area contributed by atoms with Crippen molar-refractivity contribution >= 4 is 17.5 Å². The third-order valence-electron chi connectivity index (χ3n) is 3.31. The Bertz CT molecular complexity index is 474. The molecule has 1 aromatic rings. The Balaban J connectivity index is 1.95. The molecule has 0 saturated carbocycles. The van der Waals surface area contributed by atoms with Gasteiger partial charge < -0.3 is 16.0 Å². The lowest BCUT2D eigenvalue weighted by Crippen LogP contribution is -2.96. The Hall–Kier alpha value is -1.88. The molecule has 2 amide bonds. The number of carbonyl (C=O) groups excluding carboxylic acids is 2. The quantitative estimate of drug-likeness (QED) is 0.693. The molecule has 1 aliphatic rings. The molecule has 0 radical (unpaired) electrons. The van der Waals surface area contributed by atoms with Gasteiger partial charge in [-0.25, -0.2) is 0 Å². The molecule has 0 aliphatic carbocycles. The van der Waals surface area contributed by atoms with Crippen LogP contribution in [-0.4, -0.2) is 30.9 Å². The molecule has 1 aromatic carbocycles. The highest BCUT2D eigenvalue weighted by atomic mass is 16.2. The Kier molecular flexibility index (Phi) is 4.52. The normalized spacial score (nSPS) is 18.8. The van der Waals surface area contributed by atoms with E-state index < -0.39 is 0 Å². The summed E-state index contributed by atoms with van der Waals surface area (Å²) in [5.74, 6) is -0.163. The van der Waals surface area contributed by atoms with Gasteiger partial charge in [0.2, 0.25) is 5.91 Å². The number of benzene rings is 1. The van der Waals surface area contributed by atoms with Crippen molar-refractivity contribution in [3.8, 4) is 0 Å². The molecule has 1 fully saturated rings.